The Kier molecular flexibility index (Phi) is 5.47. The monoisotopic (exact) mass is 496 g/mol. The highest BCUT2D eigenvalue weighted by Gasteiger charge is 2.25. The van der Waals surface area contributed by atoms with Crippen molar-refractivity contribution in [2.45, 2.75) is 24.4 Å². The summed E-state index contributed by atoms with van der Waals surface area (Å²) in [6.07, 6.45) is 7.11. The van der Waals surface area contributed by atoms with Crippen molar-refractivity contribution in [1.29, 1.82) is 5.41 Å². The van der Waals surface area contributed by atoms with Crippen LogP contribution in [0, 0.1) is 5.41 Å². The molecule has 5 rings (SSSR count). The van der Waals surface area contributed by atoms with Gasteiger partial charge in [-0.15, -0.1) is 0 Å². The lowest BCUT2D eigenvalue weighted by Crippen LogP contribution is -2.13. The van der Waals surface area contributed by atoms with Crippen molar-refractivity contribution in [3.63, 3.8) is 0 Å². The number of aromatic nitrogens is 5. The van der Waals surface area contributed by atoms with E-state index in [1.807, 2.05) is 47.2 Å². The van der Waals surface area contributed by atoms with E-state index in [0.717, 1.165) is 22.0 Å². The Bertz CT molecular complexity index is 1320. The van der Waals surface area contributed by atoms with Gasteiger partial charge < -0.3 is 19.0 Å². The minimum absolute atomic E-state index is 0.149. The van der Waals surface area contributed by atoms with Crippen LogP contribution in [0.4, 0.5) is 0 Å². The number of nitrogens with one attached hydrogen (secondary N) is 2. The molecule has 1 aliphatic heterocycles. The fourth-order valence-corrected chi connectivity index (χ4v) is 4.38. The summed E-state index contributed by atoms with van der Waals surface area (Å²) in [7, 11) is 0. The average molecular weight is 497 g/mol. The number of fused-ring (bicyclic) bond motifs is 1. The van der Waals surface area contributed by atoms with Crippen LogP contribution in [-0.4, -0.2) is 24.5 Å². The Labute approximate surface area is 190 Å². The van der Waals surface area contributed by atoms with Crippen LogP contribution in [0.3, 0.4) is 0 Å². The van der Waals surface area contributed by atoms with Crippen LogP contribution in [0.25, 0.3) is 11.2 Å². The summed E-state index contributed by atoms with van der Waals surface area (Å²) in [6, 6.07) is 11.7. The van der Waals surface area contributed by atoms with Gasteiger partial charge in [0.15, 0.2) is 16.3 Å². The van der Waals surface area contributed by atoms with Crippen molar-refractivity contribution in [2.24, 2.45) is 0 Å². The minimum Gasteiger partial charge on any atom is -0.454 e. The molecule has 0 fully saturated rings. The Balaban J connectivity index is 1.34. The Hall–Kier alpha value is -3.11. The van der Waals surface area contributed by atoms with Crippen molar-refractivity contribution in [3.05, 3.63) is 87.6 Å². The zero-order valence-electron chi connectivity index (χ0n) is 16.2. The molecule has 1 aromatic carbocycles. The highest BCUT2D eigenvalue weighted by molar-refractivity contribution is 9.10. The number of hydrogen-bond acceptors (Lipinski definition) is 7. The molecule has 31 heavy (non-hydrogen) atoms. The molecule has 0 bridgehead atoms. The number of H-pyrrole nitrogens is 1. The van der Waals surface area contributed by atoms with Crippen LogP contribution >= 0.6 is 27.7 Å². The van der Waals surface area contributed by atoms with Crippen molar-refractivity contribution in [1.82, 2.24) is 24.5 Å². The quantitative estimate of drug-likeness (QED) is 0.413. The van der Waals surface area contributed by atoms with Crippen molar-refractivity contribution >= 4 is 38.9 Å². The fourth-order valence-electron chi connectivity index (χ4n) is 3.19. The van der Waals surface area contributed by atoms with Crippen LogP contribution in [-0.2, 0) is 22.4 Å². The summed E-state index contributed by atoms with van der Waals surface area (Å²) in [5.74, 6) is 0. The smallest absolute Gasteiger partial charge is 0.268 e. The van der Waals surface area contributed by atoms with Gasteiger partial charge in [0.2, 0.25) is 5.09 Å². The van der Waals surface area contributed by atoms with Crippen molar-refractivity contribution in [3.8, 4) is 0 Å². The number of benzene rings is 1. The SMILES string of the molecule is N=c1ncn(CCc2cccnc2)c2nc(SC3=COC(c4ccccc4Br)O3)[nH]c12. The second-order valence-electron chi connectivity index (χ2n) is 6.78. The average Bonchev–Trinajstić information content (AvgIpc) is 3.42. The van der Waals surface area contributed by atoms with Crippen LogP contribution < -0.4 is 5.49 Å². The third-order valence-electron chi connectivity index (χ3n) is 4.73. The van der Waals surface area contributed by atoms with Gasteiger partial charge in [-0.2, -0.15) is 0 Å². The van der Waals surface area contributed by atoms with E-state index in [-0.39, 0.29) is 5.49 Å². The lowest BCUT2D eigenvalue weighted by atomic mass is 10.2. The molecular weight excluding hydrogens is 480 g/mol. The fraction of sp³-hybridized carbons (Fsp3) is 0.143. The van der Waals surface area contributed by atoms with E-state index in [1.165, 1.54) is 11.8 Å². The van der Waals surface area contributed by atoms with Gasteiger partial charge in [-0.25, -0.2) is 9.97 Å². The highest BCUT2D eigenvalue weighted by Crippen LogP contribution is 2.38. The summed E-state index contributed by atoms with van der Waals surface area (Å²) in [4.78, 5) is 16.2. The maximum absolute atomic E-state index is 8.13. The molecule has 4 aromatic rings. The number of nitrogens with zero attached hydrogens (tertiary/aromatic N) is 4. The highest BCUT2D eigenvalue weighted by atomic mass is 79.9. The van der Waals surface area contributed by atoms with E-state index in [4.69, 9.17) is 14.9 Å². The molecule has 3 aromatic heterocycles. The molecule has 4 heterocycles. The summed E-state index contributed by atoms with van der Waals surface area (Å²) in [5.41, 5.74) is 3.44. The molecule has 0 amide bonds. The minimum atomic E-state index is -0.514. The molecule has 0 aliphatic carbocycles. The van der Waals surface area contributed by atoms with E-state index in [0.29, 0.717) is 28.0 Å². The number of halogens is 1. The molecule has 1 atom stereocenters. The number of hydrogen-bond donors (Lipinski definition) is 2. The van der Waals surface area contributed by atoms with Gasteiger partial charge in [0.05, 0.1) is 6.33 Å². The Morgan fingerprint density at radius 3 is 2.97 bits per heavy atom. The second kappa shape index (κ2) is 8.56. The first kappa shape index (κ1) is 19.8. The van der Waals surface area contributed by atoms with Crippen LogP contribution in [0.1, 0.15) is 17.4 Å². The normalized spacial score (nSPS) is 15.5. The van der Waals surface area contributed by atoms with Crippen molar-refractivity contribution < 1.29 is 9.47 Å². The number of rotatable bonds is 6. The van der Waals surface area contributed by atoms with Gasteiger partial charge in [0.1, 0.15) is 11.8 Å². The van der Waals surface area contributed by atoms with Crippen LogP contribution in [0.2, 0.25) is 0 Å². The maximum atomic E-state index is 8.13. The topological polar surface area (TPSA) is 102 Å². The molecule has 1 aliphatic rings. The molecular formula is C21H17BrN6O2S. The van der Waals surface area contributed by atoms with E-state index in [9.17, 15) is 0 Å². The first-order valence-electron chi connectivity index (χ1n) is 9.50. The van der Waals surface area contributed by atoms with Gasteiger partial charge in [-0.1, -0.05) is 40.2 Å². The third kappa shape index (κ3) is 4.21. The molecule has 10 heteroatoms. The molecule has 0 radical (unpaired) electrons. The standard InChI is InChI=1S/C21H17BrN6O2S/c22-15-6-2-1-5-14(15)20-29-11-16(30-20)31-21-26-17-18(23)25-12-28(19(17)27-21)9-7-13-4-3-8-24-10-13/h1-6,8,10-12,20,23H,7,9H2,(H,26,27). The molecule has 8 nitrogen and oxygen atoms in total. The largest absolute Gasteiger partial charge is 0.454 e. The molecule has 0 saturated heterocycles. The molecule has 2 N–H and O–H groups in total. The third-order valence-corrected chi connectivity index (χ3v) is 6.23. The molecule has 156 valence electrons. The van der Waals surface area contributed by atoms with Gasteiger partial charge >= 0.3 is 0 Å². The van der Waals surface area contributed by atoms with E-state index in [1.54, 1.807) is 18.8 Å². The number of thioether (sulfide) groups is 1. The lowest BCUT2D eigenvalue weighted by Gasteiger charge is -2.12. The van der Waals surface area contributed by atoms with E-state index in [2.05, 4.69) is 35.9 Å². The predicted octanol–water partition coefficient (Wildman–Crippen LogP) is 4.28. The van der Waals surface area contributed by atoms with Gasteiger partial charge in [0.25, 0.3) is 6.29 Å². The summed E-state index contributed by atoms with van der Waals surface area (Å²) in [5, 5.41) is 9.32. The predicted molar refractivity (Wildman–Crippen MR) is 119 cm³/mol. The first-order valence-corrected chi connectivity index (χ1v) is 11.1. The van der Waals surface area contributed by atoms with Crippen LogP contribution in [0.5, 0.6) is 0 Å². The number of ether oxygens (including phenoxy) is 2. The molecule has 0 spiro atoms. The van der Waals surface area contributed by atoms with Crippen LogP contribution in [0.15, 0.2) is 76.1 Å². The Morgan fingerprint density at radius 2 is 2.13 bits per heavy atom. The van der Waals surface area contributed by atoms with Gasteiger partial charge in [0, 0.05) is 29.0 Å². The van der Waals surface area contributed by atoms with E-state index >= 15 is 0 Å². The molecule has 0 saturated carbocycles. The number of imidazole rings is 1. The van der Waals surface area contributed by atoms with Gasteiger partial charge in [-0.05, 0) is 35.9 Å². The summed E-state index contributed by atoms with van der Waals surface area (Å²) < 4.78 is 14.5. The maximum Gasteiger partial charge on any atom is 0.268 e. The summed E-state index contributed by atoms with van der Waals surface area (Å²) >= 11 is 4.83. The zero-order chi connectivity index (χ0) is 21.2. The van der Waals surface area contributed by atoms with Crippen molar-refractivity contribution in [2.75, 3.05) is 0 Å². The second-order valence-corrected chi connectivity index (χ2v) is 8.63. The first-order chi connectivity index (χ1) is 15.2. The lowest BCUT2D eigenvalue weighted by molar-refractivity contribution is -0.0278. The number of aryl methyl sites for hydroxylation is 2. The molecule has 1 unspecified atom stereocenters. The summed E-state index contributed by atoms with van der Waals surface area (Å²) in [6.45, 7) is 0.677. The number of pyridine rings is 1. The Morgan fingerprint density at radius 1 is 1.23 bits per heavy atom. The number of aromatic amines is 1. The zero-order valence-corrected chi connectivity index (χ0v) is 18.6. The van der Waals surface area contributed by atoms with E-state index < -0.39 is 6.29 Å². The van der Waals surface area contributed by atoms with Gasteiger partial charge in [-0.3, -0.25) is 10.4 Å².